The first kappa shape index (κ1) is 14.4. The van der Waals surface area contributed by atoms with Crippen LogP contribution in [0.4, 0.5) is 5.69 Å². The van der Waals surface area contributed by atoms with E-state index in [1.54, 1.807) is 0 Å². The third-order valence-corrected chi connectivity index (χ3v) is 3.94. The van der Waals surface area contributed by atoms with Crippen molar-refractivity contribution in [2.45, 2.75) is 51.5 Å². The predicted octanol–water partition coefficient (Wildman–Crippen LogP) is 3.23. The molecule has 1 saturated heterocycles. The van der Waals surface area contributed by atoms with Crippen LogP contribution in [0.5, 0.6) is 0 Å². The van der Waals surface area contributed by atoms with E-state index in [0.29, 0.717) is 12.6 Å². The zero-order valence-electron chi connectivity index (χ0n) is 12.4. The van der Waals surface area contributed by atoms with E-state index in [4.69, 9.17) is 10.7 Å². The normalized spacial score (nSPS) is 20.6. The van der Waals surface area contributed by atoms with Crippen LogP contribution in [0.15, 0.2) is 24.3 Å². The topological polar surface area (TPSA) is 38.5 Å². The van der Waals surface area contributed by atoms with Crippen LogP contribution in [0, 0.1) is 0 Å². The third-order valence-electron chi connectivity index (χ3n) is 3.94. The second kappa shape index (κ2) is 5.93. The molecule has 1 fully saturated rings. The van der Waals surface area contributed by atoms with Crippen molar-refractivity contribution < 1.29 is 4.84 Å². The summed E-state index contributed by atoms with van der Waals surface area (Å²) in [5.41, 5.74) is 2.90. The van der Waals surface area contributed by atoms with E-state index >= 15 is 0 Å². The third kappa shape index (κ3) is 3.28. The maximum absolute atomic E-state index is 5.30. The largest absolute Gasteiger partial charge is 0.366 e. The fourth-order valence-corrected chi connectivity index (χ4v) is 2.96. The van der Waals surface area contributed by atoms with Gasteiger partial charge in [-0.1, -0.05) is 39.0 Å². The summed E-state index contributed by atoms with van der Waals surface area (Å²) in [7, 11) is 0. The maximum Gasteiger partial charge on any atom is 0.0882 e. The molecule has 106 valence electrons. The molecule has 0 aliphatic carbocycles. The van der Waals surface area contributed by atoms with Gasteiger partial charge in [0, 0.05) is 12.2 Å². The van der Waals surface area contributed by atoms with Crippen LogP contribution in [0.1, 0.15) is 45.6 Å². The average Bonchev–Trinajstić information content (AvgIpc) is 2.39. The number of anilines is 1. The number of hydrogen-bond donors (Lipinski definition) is 1. The van der Waals surface area contributed by atoms with Crippen molar-refractivity contribution in [1.29, 1.82) is 0 Å². The number of rotatable bonds is 3. The fraction of sp³-hybridized carbons (Fsp3) is 0.625. The molecule has 3 nitrogen and oxygen atoms in total. The van der Waals surface area contributed by atoms with Crippen LogP contribution in [-0.2, 0) is 10.3 Å². The van der Waals surface area contributed by atoms with Gasteiger partial charge in [-0.05, 0) is 36.3 Å². The number of hydrogen-bond acceptors (Lipinski definition) is 3. The summed E-state index contributed by atoms with van der Waals surface area (Å²) in [5, 5.41) is 0. The van der Waals surface area contributed by atoms with Gasteiger partial charge in [-0.15, -0.1) is 0 Å². The Hall–Kier alpha value is -1.06. The summed E-state index contributed by atoms with van der Waals surface area (Å²) in [4.78, 5) is 7.40. The molecular formula is C16H26N2O. The van der Waals surface area contributed by atoms with E-state index in [0.717, 1.165) is 13.0 Å². The lowest BCUT2D eigenvalue weighted by Crippen LogP contribution is -2.44. The van der Waals surface area contributed by atoms with Crippen molar-refractivity contribution >= 4 is 5.69 Å². The smallest absolute Gasteiger partial charge is 0.0882 e. The van der Waals surface area contributed by atoms with E-state index < -0.39 is 0 Å². The summed E-state index contributed by atoms with van der Waals surface area (Å²) in [6, 6.07) is 9.13. The summed E-state index contributed by atoms with van der Waals surface area (Å²) in [6.45, 7) is 8.51. The Bertz CT molecular complexity index is 409. The molecule has 2 rings (SSSR count). The molecule has 0 aromatic heterocycles. The zero-order valence-corrected chi connectivity index (χ0v) is 12.4. The summed E-state index contributed by atoms with van der Waals surface area (Å²) < 4.78 is 0. The summed E-state index contributed by atoms with van der Waals surface area (Å²) in [5.74, 6) is 5.30. The second-order valence-corrected chi connectivity index (χ2v) is 6.44. The lowest BCUT2D eigenvalue weighted by Gasteiger charge is -2.39. The van der Waals surface area contributed by atoms with E-state index in [1.165, 1.54) is 24.1 Å². The molecule has 0 spiro atoms. The highest BCUT2D eigenvalue weighted by molar-refractivity contribution is 5.57. The van der Waals surface area contributed by atoms with Crippen molar-refractivity contribution in [1.82, 2.24) is 0 Å². The van der Waals surface area contributed by atoms with Crippen molar-refractivity contribution in [3.05, 3.63) is 29.8 Å². The van der Waals surface area contributed by atoms with Gasteiger partial charge in [-0.25, -0.2) is 5.90 Å². The van der Waals surface area contributed by atoms with Crippen molar-refractivity contribution in [2.24, 2.45) is 5.90 Å². The van der Waals surface area contributed by atoms with E-state index in [-0.39, 0.29) is 5.41 Å². The lowest BCUT2D eigenvalue weighted by atomic mass is 9.84. The van der Waals surface area contributed by atoms with Gasteiger partial charge < -0.3 is 9.74 Å². The van der Waals surface area contributed by atoms with Gasteiger partial charge in [0.1, 0.15) is 0 Å². The second-order valence-electron chi connectivity index (χ2n) is 6.44. The van der Waals surface area contributed by atoms with Crippen LogP contribution in [-0.4, -0.2) is 19.2 Å². The summed E-state index contributed by atoms with van der Waals surface area (Å²) in [6.07, 6.45) is 3.68. The van der Waals surface area contributed by atoms with E-state index in [2.05, 4.69) is 49.9 Å². The van der Waals surface area contributed by atoms with Gasteiger partial charge in [-0.2, -0.15) is 0 Å². The molecule has 0 radical (unpaired) electrons. The molecule has 0 saturated carbocycles. The molecule has 1 aromatic carbocycles. The van der Waals surface area contributed by atoms with E-state index in [9.17, 15) is 0 Å². The molecule has 1 atom stereocenters. The maximum atomic E-state index is 5.30. The quantitative estimate of drug-likeness (QED) is 0.850. The molecule has 2 N–H and O–H groups in total. The molecule has 1 heterocycles. The van der Waals surface area contributed by atoms with Gasteiger partial charge in [0.25, 0.3) is 0 Å². The summed E-state index contributed by atoms with van der Waals surface area (Å²) >= 11 is 0. The van der Waals surface area contributed by atoms with Gasteiger partial charge in [-0.3, -0.25) is 0 Å². The van der Waals surface area contributed by atoms with Crippen molar-refractivity contribution in [3.8, 4) is 0 Å². The number of benzene rings is 1. The Morgan fingerprint density at radius 3 is 2.68 bits per heavy atom. The monoisotopic (exact) mass is 262 g/mol. The minimum absolute atomic E-state index is 0.155. The first-order valence-corrected chi connectivity index (χ1v) is 7.22. The molecule has 0 bridgehead atoms. The molecule has 1 aliphatic rings. The zero-order chi connectivity index (χ0) is 13.9. The molecule has 3 heteroatoms. The Balaban J connectivity index is 2.33. The molecule has 19 heavy (non-hydrogen) atoms. The first-order valence-electron chi connectivity index (χ1n) is 7.22. The van der Waals surface area contributed by atoms with Gasteiger partial charge in [0.15, 0.2) is 0 Å². The first-order chi connectivity index (χ1) is 9.04. The molecule has 1 unspecified atom stereocenters. The molecular weight excluding hydrogens is 236 g/mol. The highest BCUT2D eigenvalue weighted by Gasteiger charge is 2.27. The highest BCUT2D eigenvalue weighted by Crippen LogP contribution is 2.34. The Morgan fingerprint density at radius 2 is 2.00 bits per heavy atom. The number of piperidine rings is 1. The van der Waals surface area contributed by atoms with E-state index in [1.807, 2.05) is 0 Å². The van der Waals surface area contributed by atoms with Crippen LogP contribution < -0.4 is 10.8 Å². The molecule has 1 aliphatic heterocycles. The van der Waals surface area contributed by atoms with Crippen LogP contribution in [0.25, 0.3) is 0 Å². The van der Waals surface area contributed by atoms with Gasteiger partial charge in [0.05, 0.1) is 12.6 Å². The number of para-hydroxylation sites is 1. The number of nitrogens with zero attached hydrogens (tertiary/aromatic N) is 1. The minimum atomic E-state index is 0.155. The van der Waals surface area contributed by atoms with Crippen LogP contribution >= 0.6 is 0 Å². The van der Waals surface area contributed by atoms with Gasteiger partial charge >= 0.3 is 0 Å². The fourth-order valence-electron chi connectivity index (χ4n) is 2.96. The standard InChI is InChI=1S/C16H26N2O/c1-16(2,3)14-9-4-5-10-15(14)18-11-7-6-8-13(18)12-19-17/h4-5,9-10,13H,6-8,11-12,17H2,1-3H3. The average molecular weight is 262 g/mol. The number of nitrogens with two attached hydrogens (primary N) is 1. The Morgan fingerprint density at radius 1 is 1.26 bits per heavy atom. The predicted molar refractivity (Wildman–Crippen MR) is 80.3 cm³/mol. The van der Waals surface area contributed by atoms with Gasteiger partial charge in [0.2, 0.25) is 0 Å². The van der Waals surface area contributed by atoms with Crippen molar-refractivity contribution in [3.63, 3.8) is 0 Å². The van der Waals surface area contributed by atoms with Crippen LogP contribution in [0.3, 0.4) is 0 Å². The molecule has 0 amide bonds. The Labute approximate surface area is 116 Å². The molecule has 1 aromatic rings. The minimum Gasteiger partial charge on any atom is -0.366 e. The Kier molecular flexibility index (Phi) is 4.48. The lowest BCUT2D eigenvalue weighted by molar-refractivity contribution is 0.114. The highest BCUT2D eigenvalue weighted by atomic mass is 16.6. The van der Waals surface area contributed by atoms with Crippen molar-refractivity contribution in [2.75, 3.05) is 18.1 Å². The van der Waals surface area contributed by atoms with Crippen LogP contribution in [0.2, 0.25) is 0 Å². The SMILES string of the molecule is CC(C)(C)c1ccccc1N1CCCCC1CON.